The average molecular weight is 296 g/mol. The minimum absolute atomic E-state index is 0.172. The number of hydrogen-bond donors (Lipinski definition) is 1. The van der Waals surface area contributed by atoms with Gasteiger partial charge in [0.25, 0.3) is 6.43 Å². The van der Waals surface area contributed by atoms with Gasteiger partial charge in [-0.3, -0.25) is 4.90 Å². The molecular weight excluding hydrogens is 278 g/mol. The zero-order valence-electron chi connectivity index (χ0n) is 11.8. The summed E-state index contributed by atoms with van der Waals surface area (Å²) in [5.74, 6) is 0.500. The van der Waals surface area contributed by atoms with Gasteiger partial charge in [0.2, 0.25) is 0 Å². The second-order valence-electron chi connectivity index (χ2n) is 4.89. The molecule has 0 spiro atoms. The molecule has 0 saturated heterocycles. The molecule has 114 valence electrons. The van der Waals surface area contributed by atoms with Crippen LogP contribution in [-0.2, 0) is 6.54 Å². The molecule has 0 amide bonds. The Bertz CT molecular complexity index is 555. The zero-order valence-corrected chi connectivity index (χ0v) is 11.8. The lowest BCUT2D eigenvalue weighted by Crippen LogP contribution is -2.31. The molecule has 0 saturated carbocycles. The van der Waals surface area contributed by atoms with Gasteiger partial charge in [0.1, 0.15) is 5.69 Å². The number of alkyl halides is 2. The molecule has 0 bridgehead atoms. The third-order valence-electron chi connectivity index (χ3n) is 3.10. The van der Waals surface area contributed by atoms with E-state index < -0.39 is 13.0 Å². The van der Waals surface area contributed by atoms with Gasteiger partial charge in [0, 0.05) is 18.2 Å². The topological polar surface area (TPSA) is 49.5 Å². The highest BCUT2D eigenvalue weighted by molar-refractivity contribution is 5.59. The van der Waals surface area contributed by atoms with Gasteiger partial charge >= 0.3 is 0 Å². The van der Waals surface area contributed by atoms with Crippen LogP contribution in [-0.4, -0.2) is 41.3 Å². The SMILES string of the molecule is Cc1ccc(-c2cc(CN(CCO)CC(F)F)on2)cc1. The molecule has 1 N–H and O–H groups in total. The summed E-state index contributed by atoms with van der Waals surface area (Å²) in [6.07, 6.45) is -2.45. The standard InChI is InChI=1S/C15H18F2N2O2/c1-11-2-4-12(5-3-11)14-8-13(21-18-14)9-19(6-7-20)10-15(16)17/h2-5,8,15,20H,6-7,9-10H2,1H3. The summed E-state index contributed by atoms with van der Waals surface area (Å²) >= 11 is 0. The van der Waals surface area contributed by atoms with Crippen LogP contribution in [0.1, 0.15) is 11.3 Å². The van der Waals surface area contributed by atoms with Crippen molar-refractivity contribution in [1.29, 1.82) is 0 Å². The van der Waals surface area contributed by atoms with Crippen molar-refractivity contribution in [3.63, 3.8) is 0 Å². The number of aliphatic hydroxyl groups is 1. The minimum Gasteiger partial charge on any atom is -0.395 e. The van der Waals surface area contributed by atoms with E-state index in [1.165, 1.54) is 4.90 Å². The van der Waals surface area contributed by atoms with Crippen molar-refractivity contribution in [3.8, 4) is 11.3 Å². The Morgan fingerprint density at radius 1 is 1.29 bits per heavy atom. The lowest BCUT2D eigenvalue weighted by molar-refractivity contribution is 0.0701. The molecule has 1 heterocycles. The molecule has 0 atom stereocenters. The summed E-state index contributed by atoms with van der Waals surface area (Å²) in [5.41, 5.74) is 2.73. The molecule has 4 nitrogen and oxygen atoms in total. The van der Waals surface area contributed by atoms with Crippen molar-refractivity contribution in [3.05, 3.63) is 41.7 Å². The molecule has 2 aromatic rings. The Kier molecular flexibility index (Phi) is 5.41. The van der Waals surface area contributed by atoms with E-state index in [1.807, 2.05) is 31.2 Å². The first-order valence-electron chi connectivity index (χ1n) is 6.72. The second-order valence-corrected chi connectivity index (χ2v) is 4.89. The molecule has 0 aliphatic rings. The highest BCUT2D eigenvalue weighted by atomic mass is 19.3. The summed E-state index contributed by atoms with van der Waals surface area (Å²) in [4.78, 5) is 1.43. The monoisotopic (exact) mass is 296 g/mol. The van der Waals surface area contributed by atoms with Crippen LogP contribution < -0.4 is 0 Å². The van der Waals surface area contributed by atoms with Crippen molar-refractivity contribution < 1.29 is 18.4 Å². The third-order valence-corrected chi connectivity index (χ3v) is 3.10. The van der Waals surface area contributed by atoms with Gasteiger partial charge in [0.15, 0.2) is 5.76 Å². The number of halogens is 2. The van der Waals surface area contributed by atoms with Crippen LogP contribution in [0.2, 0.25) is 0 Å². The third kappa shape index (κ3) is 4.61. The lowest BCUT2D eigenvalue weighted by Gasteiger charge is -2.18. The van der Waals surface area contributed by atoms with Gasteiger partial charge in [-0.05, 0) is 6.92 Å². The summed E-state index contributed by atoms with van der Waals surface area (Å²) < 4.78 is 30.1. The second kappa shape index (κ2) is 7.28. The summed E-state index contributed by atoms with van der Waals surface area (Å²) in [7, 11) is 0. The number of hydrogen-bond acceptors (Lipinski definition) is 4. The number of nitrogens with zero attached hydrogens (tertiary/aromatic N) is 2. The van der Waals surface area contributed by atoms with E-state index in [-0.39, 0.29) is 19.7 Å². The van der Waals surface area contributed by atoms with Crippen molar-refractivity contribution >= 4 is 0 Å². The first kappa shape index (κ1) is 15.6. The van der Waals surface area contributed by atoms with Gasteiger partial charge in [0.05, 0.1) is 19.7 Å². The van der Waals surface area contributed by atoms with Gasteiger partial charge in [-0.2, -0.15) is 0 Å². The summed E-state index contributed by atoms with van der Waals surface area (Å²) in [6, 6.07) is 9.54. The predicted octanol–water partition coefficient (Wildman–Crippen LogP) is 2.71. The Labute approximate surface area is 122 Å². The number of aryl methyl sites for hydroxylation is 1. The fourth-order valence-corrected chi connectivity index (χ4v) is 2.04. The first-order valence-corrected chi connectivity index (χ1v) is 6.72. The molecule has 0 aliphatic heterocycles. The van der Waals surface area contributed by atoms with Crippen LogP contribution in [0.4, 0.5) is 8.78 Å². The van der Waals surface area contributed by atoms with E-state index >= 15 is 0 Å². The fourth-order valence-electron chi connectivity index (χ4n) is 2.04. The summed E-state index contributed by atoms with van der Waals surface area (Å²) in [5, 5.41) is 12.9. The van der Waals surface area contributed by atoms with Gasteiger partial charge < -0.3 is 9.63 Å². The maximum Gasteiger partial charge on any atom is 0.251 e. The number of benzene rings is 1. The van der Waals surface area contributed by atoms with E-state index in [2.05, 4.69) is 5.16 Å². The molecule has 21 heavy (non-hydrogen) atoms. The van der Waals surface area contributed by atoms with Gasteiger partial charge in [-0.25, -0.2) is 8.78 Å². The first-order chi connectivity index (χ1) is 10.1. The Morgan fingerprint density at radius 3 is 2.62 bits per heavy atom. The van der Waals surface area contributed by atoms with Crippen LogP contribution in [0.25, 0.3) is 11.3 Å². The van der Waals surface area contributed by atoms with E-state index in [9.17, 15) is 8.78 Å². The average Bonchev–Trinajstić information content (AvgIpc) is 2.87. The maximum atomic E-state index is 12.4. The highest BCUT2D eigenvalue weighted by Crippen LogP contribution is 2.20. The Hall–Kier alpha value is -1.79. The molecule has 0 unspecified atom stereocenters. The molecule has 6 heteroatoms. The van der Waals surface area contributed by atoms with Crippen LogP contribution in [0.5, 0.6) is 0 Å². The highest BCUT2D eigenvalue weighted by Gasteiger charge is 2.15. The molecular formula is C15H18F2N2O2. The van der Waals surface area contributed by atoms with Crippen LogP contribution in [0, 0.1) is 6.92 Å². The van der Waals surface area contributed by atoms with Crippen molar-refractivity contribution in [2.45, 2.75) is 19.9 Å². The molecule has 2 rings (SSSR count). The van der Waals surface area contributed by atoms with E-state index in [4.69, 9.17) is 9.63 Å². The predicted molar refractivity (Wildman–Crippen MR) is 75.0 cm³/mol. The normalized spacial score (nSPS) is 11.5. The molecule has 0 radical (unpaired) electrons. The van der Waals surface area contributed by atoms with Crippen molar-refractivity contribution in [2.75, 3.05) is 19.7 Å². The molecule has 1 aromatic heterocycles. The number of rotatable bonds is 7. The molecule has 1 aromatic carbocycles. The smallest absolute Gasteiger partial charge is 0.251 e. The largest absolute Gasteiger partial charge is 0.395 e. The Morgan fingerprint density at radius 2 is 2.00 bits per heavy atom. The molecule has 0 aliphatic carbocycles. The van der Waals surface area contributed by atoms with Crippen LogP contribution >= 0.6 is 0 Å². The van der Waals surface area contributed by atoms with E-state index in [0.717, 1.165) is 11.1 Å². The van der Waals surface area contributed by atoms with Crippen LogP contribution in [0.3, 0.4) is 0 Å². The van der Waals surface area contributed by atoms with Gasteiger partial charge in [-0.15, -0.1) is 0 Å². The quantitative estimate of drug-likeness (QED) is 0.853. The van der Waals surface area contributed by atoms with Crippen molar-refractivity contribution in [1.82, 2.24) is 10.1 Å². The summed E-state index contributed by atoms with van der Waals surface area (Å²) in [6.45, 7) is 1.79. The van der Waals surface area contributed by atoms with E-state index in [0.29, 0.717) is 11.5 Å². The minimum atomic E-state index is -2.45. The van der Waals surface area contributed by atoms with E-state index in [1.54, 1.807) is 6.07 Å². The molecule has 0 fully saturated rings. The number of aliphatic hydroxyl groups excluding tert-OH is 1. The fraction of sp³-hybridized carbons (Fsp3) is 0.400. The van der Waals surface area contributed by atoms with Crippen LogP contribution in [0.15, 0.2) is 34.9 Å². The Balaban J connectivity index is 2.06. The van der Waals surface area contributed by atoms with Gasteiger partial charge in [-0.1, -0.05) is 35.0 Å². The maximum absolute atomic E-state index is 12.4. The number of aromatic nitrogens is 1. The lowest BCUT2D eigenvalue weighted by atomic mass is 10.1. The van der Waals surface area contributed by atoms with Crippen molar-refractivity contribution in [2.24, 2.45) is 0 Å². The zero-order chi connectivity index (χ0) is 15.2.